The first-order chi connectivity index (χ1) is 14.8. The Kier molecular flexibility index (Phi) is 7.07. The van der Waals surface area contributed by atoms with Crippen LogP contribution in [-0.4, -0.2) is 48.8 Å². The van der Waals surface area contributed by atoms with Crippen LogP contribution < -0.4 is 15.5 Å². The lowest BCUT2D eigenvalue weighted by atomic mass is 10.0. The second kappa shape index (κ2) is 9.75. The molecular weight excluding hydrogens is 392 g/mol. The molecule has 1 unspecified atom stereocenters. The van der Waals surface area contributed by atoms with Crippen molar-refractivity contribution >= 4 is 34.8 Å². The van der Waals surface area contributed by atoms with Gasteiger partial charge in [-0.3, -0.25) is 19.3 Å². The summed E-state index contributed by atoms with van der Waals surface area (Å²) in [6.07, 6.45) is 0.219. The van der Waals surface area contributed by atoms with Gasteiger partial charge in [0.15, 0.2) is 0 Å². The number of nitrogens with zero attached hydrogens (tertiary/aromatic N) is 2. The molecule has 0 saturated carbocycles. The molecule has 7 nitrogen and oxygen atoms in total. The summed E-state index contributed by atoms with van der Waals surface area (Å²) in [5.41, 5.74) is 3.16. The molecule has 2 aromatic carbocycles. The smallest absolute Gasteiger partial charge is 0.241 e. The zero-order chi connectivity index (χ0) is 22.5. The van der Waals surface area contributed by atoms with Crippen LogP contribution in [-0.2, 0) is 14.4 Å². The second-order valence-corrected chi connectivity index (χ2v) is 8.34. The molecule has 1 aliphatic heterocycles. The minimum absolute atomic E-state index is 0.0616. The van der Waals surface area contributed by atoms with Crippen molar-refractivity contribution < 1.29 is 14.4 Å². The first-order valence-electron chi connectivity index (χ1n) is 10.5. The van der Waals surface area contributed by atoms with Crippen molar-refractivity contribution in [3.8, 4) is 0 Å². The van der Waals surface area contributed by atoms with E-state index in [4.69, 9.17) is 0 Å². The number of anilines is 3. The standard InChI is InChI=1S/C24H30N4O3/c1-16(2)18-9-5-6-10-19(18)25-23(30)14-27(4)15-24(31)28-17(3)13-22(29)26-20-11-7-8-12-21(20)28/h5-12,16-17H,13-15H2,1-4H3,(H,25,30)(H,26,29). The highest BCUT2D eigenvalue weighted by Crippen LogP contribution is 2.31. The first-order valence-corrected chi connectivity index (χ1v) is 10.5. The van der Waals surface area contributed by atoms with Gasteiger partial charge in [-0.1, -0.05) is 44.2 Å². The van der Waals surface area contributed by atoms with E-state index in [-0.39, 0.29) is 49.2 Å². The van der Waals surface area contributed by atoms with E-state index in [0.29, 0.717) is 11.4 Å². The molecule has 0 fully saturated rings. The quantitative estimate of drug-likeness (QED) is 0.747. The number of hydrogen-bond donors (Lipinski definition) is 2. The van der Waals surface area contributed by atoms with Gasteiger partial charge < -0.3 is 15.5 Å². The van der Waals surface area contributed by atoms with E-state index in [0.717, 1.165) is 11.3 Å². The predicted octanol–water partition coefficient (Wildman–Crippen LogP) is 3.44. The maximum absolute atomic E-state index is 13.1. The molecule has 0 bridgehead atoms. The molecule has 0 saturated heterocycles. The zero-order valence-corrected chi connectivity index (χ0v) is 18.5. The molecule has 31 heavy (non-hydrogen) atoms. The fraction of sp³-hybridized carbons (Fsp3) is 0.375. The SMILES string of the molecule is CC(C)c1ccccc1NC(=O)CN(C)CC(=O)N1c2ccccc2NC(=O)CC1C. The van der Waals surface area contributed by atoms with Crippen LogP contribution >= 0.6 is 0 Å². The number of amides is 3. The topological polar surface area (TPSA) is 81.8 Å². The minimum atomic E-state index is -0.281. The molecule has 0 aromatic heterocycles. The molecule has 0 aliphatic carbocycles. The summed E-state index contributed by atoms with van der Waals surface area (Å²) in [6, 6.07) is 14.7. The third-order valence-electron chi connectivity index (χ3n) is 5.30. The normalized spacial score (nSPS) is 16.0. The molecule has 0 radical (unpaired) electrons. The fourth-order valence-electron chi connectivity index (χ4n) is 3.88. The number of rotatable bonds is 6. The Bertz CT molecular complexity index is 973. The third-order valence-corrected chi connectivity index (χ3v) is 5.30. The van der Waals surface area contributed by atoms with Crippen molar-refractivity contribution in [3.05, 3.63) is 54.1 Å². The molecular formula is C24H30N4O3. The van der Waals surface area contributed by atoms with Gasteiger partial charge in [0.2, 0.25) is 17.7 Å². The molecule has 164 valence electrons. The van der Waals surface area contributed by atoms with Crippen molar-refractivity contribution in [3.63, 3.8) is 0 Å². The van der Waals surface area contributed by atoms with Gasteiger partial charge in [0.1, 0.15) is 0 Å². The fourth-order valence-corrected chi connectivity index (χ4v) is 3.88. The van der Waals surface area contributed by atoms with E-state index < -0.39 is 0 Å². The first kappa shape index (κ1) is 22.5. The van der Waals surface area contributed by atoms with Gasteiger partial charge in [0.05, 0.1) is 24.5 Å². The average Bonchev–Trinajstić information content (AvgIpc) is 2.81. The zero-order valence-electron chi connectivity index (χ0n) is 18.5. The molecule has 1 atom stereocenters. The lowest BCUT2D eigenvalue weighted by Gasteiger charge is -2.29. The number of carbonyl (C=O) groups excluding carboxylic acids is 3. The molecule has 3 rings (SSSR count). The number of benzene rings is 2. The number of carbonyl (C=O) groups is 3. The van der Waals surface area contributed by atoms with Gasteiger partial charge in [0, 0.05) is 18.2 Å². The molecule has 0 spiro atoms. The van der Waals surface area contributed by atoms with Gasteiger partial charge in [-0.15, -0.1) is 0 Å². The van der Waals surface area contributed by atoms with Crippen molar-refractivity contribution in [2.75, 3.05) is 35.7 Å². The maximum Gasteiger partial charge on any atom is 0.241 e. The summed E-state index contributed by atoms with van der Waals surface area (Å²) in [4.78, 5) is 41.2. The van der Waals surface area contributed by atoms with Gasteiger partial charge in [-0.05, 0) is 43.7 Å². The molecule has 2 aromatic rings. The highest BCUT2D eigenvalue weighted by atomic mass is 16.2. The predicted molar refractivity (Wildman–Crippen MR) is 123 cm³/mol. The molecule has 3 amide bonds. The van der Waals surface area contributed by atoms with E-state index in [1.165, 1.54) is 0 Å². The number of para-hydroxylation sites is 3. The minimum Gasteiger partial charge on any atom is -0.325 e. The van der Waals surface area contributed by atoms with Gasteiger partial charge in [0.25, 0.3) is 0 Å². The highest BCUT2D eigenvalue weighted by molar-refractivity contribution is 6.05. The highest BCUT2D eigenvalue weighted by Gasteiger charge is 2.30. The van der Waals surface area contributed by atoms with E-state index >= 15 is 0 Å². The van der Waals surface area contributed by atoms with E-state index in [1.807, 2.05) is 49.4 Å². The van der Waals surface area contributed by atoms with E-state index in [9.17, 15) is 14.4 Å². The van der Waals surface area contributed by atoms with Crippen molar-refractivity contribution in [1.29, 1.82) is 0 Å². The van der Waals surface area contributed by atoms with Crippen LogP contribution in [0.5, 0.6) is 0 Å². The summed E-state index contributed by atoms with van der Waals surface area (Å²) in [5.74, 6) is -0.164. The van der Waals surface area contributed by atoms with Crippen molar-refractivity contribution in [1.82, 2.24) is 4.90 Å². The number of likely N-dealkylation sites (N-methyl/N-ethyl adjacent to an activating group) is 1. The number of fused-ring (bicyclic) bond motifs is 1. The molecule has 2 N–H and O–H groups in total. The second-order valence-electron chi connectivity index (χ2n) is 8.34. The lowest BCUT2D eigenvalue weighted by Crippen LogP contribution is -2.45. The van der Waals surface area contributed by atoms with Gasteiger partial charge in [-0.25, -0.2) is 0 Å². The Morgan fingerprint density at radius 3 is 2.55 bits per heavy atom. The summed E-state index contributed by atoms with van der Waals surface area (Å²) in [7, 11) is 1.74. The molecule has 1 aliphatic rings. The number of nitrogens with one attached hydrogen (secondary N) is 2. The van der Waals surface area contributed by atoms with Crippen LogP contribution in [0.2, 0.25) is 0 Å². The monoisotopic (exact) mass is 422 g/mol. The van der Waals surface area contributed by atoms with E-state index in [1.54, 1.807) is 22.9 Å². The molecule has 1 heterocycles. The average molecular weight is 423 g/mol. The Morgan fingerprint density at radius 1 is 1.13 bits per heavy atom. The molecule has 7 heteroatoms. The van der Waals surface area contributed by atoms with Crippen molar-refractivity contribution in [2.45, 2.75) is 39.2 Å². The van der Waals surface area contributed by atoms with Gasteiger partial charge in [-0.2, -0.15) is 0 Å². The summed E-state index contributed by atoms with van der Waals surface area (Å²) in [5, 5.41) is 5.81. The summed E-state index contributed by atoms with van der Waals surface area (Å²) >= 11 is 0. The largest absolute Gasteiger partial charge is 0.325 e. The van der Waals surface area contributed by atoms with Crippen molar-refractivity contribution in [2.24, 2.45) is 0 Å². The van der Waals surface area contributed by atoms with Crippen LogP contribution in [0.25, 0.3) is 0 Å². The summed E-state index contributed by atoms with van der Waals surface area (Å²) in [6.45, 7) is 6.16. The lowest BCUT2D eigenvalue weighted by molar-refractivity contribution is -0.121. The Labute approximate surface area is 183 Å². The van der Waals surface area contributed by atoms with E-state index in [2.05, 4.69) is 24.5 Å². The van der Waals surface area contributed by atoms with Crippen LogP contribution in [0.3, 0.4) is 0 Å². The van der Waals surface area contributed by atoms with Crippen LogP contribution in [0, 0.1) is 0 Å². The Morgan fingerprint density at radius 2 is 1.81 bits per heavy atom. The Balaban J connectivity index is 1.67. The third kappa shape index (κ3) is 5.49. The number of hydrogen-bond acceptors (Lipinski definition) is 4. The van der Waals surface area contributed by atoms with Gasteiger partial charge >= 0.3 is 0 Å². The Hall–Kier alpha value is -3.19. The maximum atomic E-state index is 13.1. The van der Waals surface area contributed by atoms with Crippen LogP contribution in [0.4, 0.5) is 17.1 Å². The summed E-state index contributed by atoms with van der Waals surface area (Å²) < 4.78 is 0. The van der Waals surface area contributed by atoms with Crippen LogP contribution in [0.1, 0.15) is 38.7 Å². The van der Waals surface area contributed by atoms with Crippen LogP contribution in [0.15, 0.2) is 48.5 Å².